The Morgan fingerprint density at radius 3 is 2.20 bits per heavy atom. The van der Waals surface area contributed by atoms with Gasteiger partial charge in [0, 0.05) is 24.6 Å². The number of carboxylic acids is 1. The maximum absolute atomic E-state index is 11.8. The standard InChI is InChI=1S/C12H14ClN3O4/c13-16(9-4-2-1-3-5-9)11(18)7-6-10(17)15(14)8-12(19)20/h1-5H,6-8,14H2,(H,19,20). The molecule has 20 heavy (non-hydrogen) atoms. The second-order valence-corrected chi connectivity index (χ2v) is 4.26. The van der Waals surface area contributed by atoms with Gasteiger partial charge in [0.1, 0.15) is 6.54 Å². The molecule has 1 aromatic carbocycles. The lowest BCUT2D eigenvalue weighted by Gasteiger charge is -2.16. The molecular weight excluding hydrogens is 286 g/mol. The van der Waals surface area contributed by atoms with E-state index in [0.717, 1.165) is 4.42 Å². The molecule has 0 bridgehead atoms. The Balaban J connectivity index is 2.47. The number of rotatable bonds is 6. The number of carbonyl (C=O) groups is 3. The fourth-order valence-corrected chi connectivity index (χ4v) is 1.59. The molecule has 8 heteroatoms. The number of nitrogens with two attached hydrogens (primary N) is 1. The minimum atomic E-state index is -1.23. The number of nitrogens with zero attached hydrogens (tertiary/aromatic N) is 2. The molecular formula is C12H14ClN3O4. The van der Waals surface area contributed by atoms with Crippen LogP contribution in [-0.4, -0.2) is 34.4 Å². The lowest BCUT2D eigenvalue weighted by atomic mass is 10.2. The van der Waals surface area contributed by atoms with Gasteiger partial charge in [-0.1, -0.05) is 18.2 Å². The van der Waals surface area contributed by atoms with Gasteiger partial charge in [-0.05, 0) is 12.1 Å². The van der Waals surface area contributed by atoms with Gasteiger partial charge in [-0.25, -0.2) is 10.3 Å². The van der Waals surface area contributed by atoms with Crippen molar-refractivity contribution in [2.24, 2.45) is 5.84 Å². The molecule has 0 aromatic heterocycles. The first kappa shape index (κ1) is 15.9. The molecule has 0 aliphatic rings. The number of hydrogen-bond acceptors (Lipinski definition) is 4. The van der Waals surface area contributed by atoms with Crippen LogP contribution in [-0.2, 0) is 14.4 Å². The van der Waals surface area contributed by atoms with Gasteiger partial charge in [0.25, 0.3) is 0 Å². The fraction of sp³-hybridized carbons (Fsp3) is 0.250. The van der Waals surface area contributed by atoms with E-state index >= 15 is 0 Å². The van der Waals surface area contributed by atoms with E-state index in [0.29, 0.717) is 10.7 Å². The first-order valence-corrected chi connectivity index (χ1v) is 6.06. The summed E-state index contributed by atoms with van der Waals surface area (Å²) in [4.78, 5) is 33.6. The van der Waals surface area contributed by atoms with Crippen LogP contribution < -0.4 is 10.3 Å². The molecule has 108 valence electrons. The lowest BCUT2D eigenvalue weighted by Crippen LogP contribution is -2.41. The molecule has 1 aromatic rings. The van der Waals surface area contributed by atoms with E-state index in [4.69, 9.17) is 22.7 Å². The van der Waals surface area contributed by atoms with Gasteiger partial charge in [-0.2, -0.15) is 0 Å². The SMILES string of the molecule is NN(CC(=O)O)C(=O)CCC(=O)N(Cl)c1ccccc1. The summed E-state index contributed by atoms with van der Waals surface area (Å²) >= 11 is 5.84. The largest absolute Gasteiger partial charge is 0.480 e. The highest BCUT2D eigenvalue weighted by atomic mass is 35.5. The van der Waals surface area contributed by atoms with E-state index in [1.807, 2.05) is 0 Å². The Hall–Kier alpha value is -2.12. The third-order valence-electron chi connectivity index (χ3n) is 2.38. The molecule has 2 amide bonds. The van der Waals surface area contributed by atoms with Crippen molar-refractivity contribution in [2.45, 2.75) is 12.8 Å². The highest BCUT2D eigenvalue weighted by molar-refractivity contribution is 6.36. The minimum absolute atomic E-state index is 0.162. The summed E-state index contributed by atoms with van der Waals surface area (Å²) in [6, 6.07) is 8.51. The fourth-order valence-electron chi connectivity index (χ4n) is 1.39. The summed E-state index contributed by atoms with van der Waals surface area (Å²) in [6.07, 6.45) is -0.372. The molecule has 0 unspecified atom stereocenters. The average Bonchev–Trinajstić information content (AvgIpc) is 2.43. The topological polar surface area (TPSA) is 104 Å². The maximum Gasteiger partial charge on any atom is 0.324 e. The van der Waals surface area contributed by atoms with Crippen molar-refractivity contribution in [3.63, 3.8) is 0 Å². The molecule has 0 fully saturated rings. The quantitative estimate of drug-likeness (QED) is 0.349. The molecule has 0 aliphatic carbocycles. The lowest BCUT2D eigenvalue weighted by molar-refractivity contribution is -0.144. The normalized spacial score (nSPS) is 9.90. The number of amides is 2. The number of anilines is 1. The number of halogens is 1. The summed E-state index contributed by atoms with van der Waals surface area (Å²) < 4.78 is 0.908. The molecule has 0 saturated heterocycles. The molecule has 1 rings (SSSR count). The van der Waals surface area contributed by atoms with E-state index in [1.165, 1.54) is 0 Å². The monoisotopic (exact) mass is 299 g/mol. The van der Waals surface area contributed by atoms with Crippen molar-refractivity contribution in [3.8, 4) is 0 Å². The Morgan fingerprint density at radius 1 is 1.10 bits per heavy atom. The van der Waals surface area contributed by atoms with Gasteiger partial charge in [-0.15, -0.1) is 0 Å². The van der Waals surface area contributed by atoms with Gasteiger partial charge in [0.2, 0.25) is 11.8 Å². The Labute approximate surface area is 120 Å². The van der Waals surface area contributed by atoms with Crippen LogP contribution >= 0.6 is 11.8 Å². The van der Waals surface area contributed by atoms with Crippen LogP contribution in [0.4, 0.5) is 5.69 Å². The van der Waals surface area contributed by atoms with Crippen LogP contribution in [0.3, 0.4) is 0 Å². The predicted octanol–water partition coefficient (Wildman–Crippen LogP) is 0.740. The van der Waals surface area contributed by atoms with Gasteiger partial charge in [0.05, 0.1) is 5.69 Å². The summed E-state index contributed by atoms with van der Waals surface area (Å²) in [5, 5.41) is 9.03. The highest BCUT2D eigenvalue weighted by Crippen LogP contribution is 2.17. The van der Waals surface area contributed by atoms with Gasteiger partial charge < -0.3 is 5.11 Å². The molecule has 0 heterocycles. The van der Waals surface area contributed by atoms with Gasteiger partial charge in [0.15, 0.2) is 0 Å². The van der Waals surface area contributed by atoms with Crippen molar-refractivity contribution >= 4 is 35.2 Å². The van der Waals surface area contributed by atoms with Crippen LogP contribution in [0.15, 0.2) is 30.3 Å². The van der Waals surface area contributed by atoms with Gasteiger partial charge in [-0.3, -0.25) is 19.4 Å². The van der Waals surface area contributed by atoms with Gasteiger partial charge >= 0.3 is 5.97 Å². The van der Waals surface area contributed by atoms with Crippen molar-refractivity contribution in [2.75, 3.05) is 11.0 Å². The van der Waals surface area contributed by atoms with E-state index in [9.17, 15) is 14.4 Å². The first-order valence-electron chi connectivity index (χ1n) is 5.72. The Kier molecular flexibility index (Phi) is 5.95. The van der Waals surface area contributed by atoms with Crippen LogP contribution in [0.2, 0.25) is 0 Å². The average molecular weight is 300 g/mol. The van der Waals surface area contributed by atoms with Crippen LogP contribution in [0.25, 0.3) is 0 Å². The highest BCUT2D eigenvalue weighted by Gasteiger charge is 2.18. The van der Waals surface area contributed by atoms with E-state index in [-0.39, 0.29) is 12.8 Å². The molecule has 3 N–H and O–H groups in total. The first-order chi connectivity index (χ1) is 9.41. The molecule has 0 aliphatic heterocycles. The number of aliphatic carboxylic acids is 1. The van der Waals surface area contributed by atoms with Crippen molar-refractivity contribution in [1.82, 2.24) is 5.01 Å². The number of carbonyl (C=O) groups excluding carboxylic acids is 2. The number of carboxylic acid groups (broad SMARTS) is 1. The van der Waals surface area contributed by atoms with Crippen LogP contribution in [0.1, 0.15) is 12.8 Å². The molecule has 0 saturated carbocycles. The van der Waals surface area contributed by atoms with Crippen molar-refractivity contribution in [3.05, 3.63) is 30.3 Å². The zero-order valence-corrected chi connectivity index (χ0v) is 11.3. The second kappa shape index (κ2) is 7.46. The van der Waals surface area contributed by atoms with Crippen molar-refractivity contribution < 1.29 is 19.5 Å². The van der Waals surface area contributed by atoms with E-state index in [1.54, 1.807) is 30.3 Å². The predicted molar refractivity (Wildman–Crippen MR) is 72.6 cm³/mol. The molecule has 0 radical (unpaired) electrons. The minimum Gasteiger partial charge on any atom is -0.480 e. The van der Waals surface area contributed by atoms with Crippen LogP contribution in [0.5, 0.6) is 0 Å². The smallest absolute Gasteiger partial charge is 0.324 e. The summed E-state index contributed by atoms with van der Waals surface area (Å²) in [6.45, 7) is -0.615. The maximum atomic E-state index is 11.8. The number of hydrazine groups is 1. The van der Waals surface area contributed by atoms with Crippen molar-refractivity contribution in [1.29, 1.82) is 0 Å². The Bertz CT molecular complexity index is 495. The number of benzene rings is 1. The van der Waals surface area contributed by atoms with Crippen LogP contribution in [0, 0.1) is 0 Å². The van der Waals surface area contributed by atoms with E-state index < -0.39 is 24.3 Å². The number of para-hydroxylation sites is 1. The summed E-state index contributed by atoms with van der Waals surface area (Å²) in [5.74, 6) is 2.89. The summed E-state index contributed by atoms with van der Waals surface area (Å²) in [7, 11) is 0. The molecule has 0 spiro atoms. The zero-order valence-electron chi connectivity index (χ0n) is 10.5. The third-order valence-corrected chi connectivity index (χ3v) is 2.76. The second-order valence-electron chi connectivity index (χ2n) is 3.93. The number of hydrogen-bond donors (Lipinski definition) is 2. The van der Waals surface area contributed by atoms with E-state index in [2.05, 4.69) is 0 Å². The zero-order chi connectivity index (χ0) is 15.1. The molecule has 0 atom stereocenters. The Morgan fingerprint density at radius 2 is 1.65 bits per heavy atom. The molecule has 7 nitrogen and oxygen atoms in total. The third kappa shape index (κ3) is 4.87. The summed E-state index contributed by atoms with van der Waals surface area (Å²) in [5.41, 5.74) is 0.488.